The molecule has 18 nitrogen and oxygen atoms in total. The SMILES string of the molecule is O=C(O)CCCNP(=O)(O)OCCCCNC(=O)CCC(NC(=O)CCCCCNC(=O)CNC(=O)CCC(=O)N1Cc2ccccc2CCc2ccccc21)C(=O)O. The molecule has 59 heavy (non-hydrogen) atoms. The molecule has 0 spiro atoms. The quantitative estimate of drug-likeness (QED) is 0.0476. The second-order valence-electron chi connectivity index (χ2n) is 14.1. The van der Waals surface area contributed by atoms with Gasteiger partial charge in [0.15, 0.2) is 0 Å². The van der Waals surface area contributed by atoms with Gasteiger partial charge in [0.25, 0.3) is 0 Å². The summed E-state index contributed by atoms with van der Waals surface area (Å²) in [6, 6.07) is 14.6. The summed E-state index contributed by atoms with van der Waals surface area (Å²) < 4.78 is 16.7. The van der Waals surface area contributed by atoms with Gasteiger partial charge in [-0.15, -0.1) is 0 Å². The first-order valence-corrected chi connectivity index (χ1v) is 21.5. The van der Waals surface area contributed by atoms with Gasteiger partial charge in [-0.1, -0.05) is 48.9 Å². The molecule has 8 N–H and O–H groups in total. The lowest BCUT2D eigenvalue weighted by Gasteiger charge is -2.28. The number of aryl methyl sites for hydroxylation is 2. The molecule has 1 aliphatic heterocycles. The zero-order chi connectivity index (χ0) is 43.0. The van der Waals surface area contributed by atoms with Crippen LogP contribution in [0.3, 0.4) is 0 Å². The summed E-state index contributed by atoms with van der Waals surface area (Å²) in [6.07, 6.45) is 3.68. The zero-order valence-electron chi connectivity index (χ0n) is 33.2. The summed E-state index contributed by atoms with van der Waals surface area (Å²) in [4.78, 5) is 96.3. The Morgan fingerprint density at radius 2 is 1.31 bits per heavy atom. The average molecular weight is 845 g/mol. The number of para-hydroxylation sites is 1. The van der Waals surface area contributed by atoms with Crippen LogP contribution in [0.2, 0.25) is 0 Å². The fourth-order valence-corrected chi connectivity index (χ4v) is 7.13. The van der Waals surface area contributed by atoms with Crippen LogP contribution in [0.5, 0.6) is 0 Å². The van der Waals surface area contributed by atoms with Crippen LogP contribution in [0.25, 0.3) is 0 Å². The van der Waals surface area contributed by atoms with E-state index in [0.29, 0.717) is 45.2 Å². The average Bonchev–Trinajstić information content (AvgIpc) is 3.19. The Hall–Kier alpha value is -5.16. The maximum atomic E-state index is 13.4. The maximum absolute atomic E-state index is 13.4. The normalized spacial score (nSPS) is 13.6. The number of nitrogens with one attached hydrogen (secondary N) is 5. The molecular weight excluding hydrogens is 787 g/mol. The lowest BCUT2D eigenvalue weighted by molar-refractivity contribution is -0.142. The lowest BCUT2D eigenvalue weighted by atomic mass is 9.95. The van der Waals surface area contributed by atoms with Crippen molar-refractivity contribution >= 4 is 54.9 Å². The van der Waals surface area contributed by atoms with Crippen molar-refractivity contribution in [2.75, 3.05) is 37.7 Å². The number of carboxylic acids is 2. The van der Waals surface area contributed by atoms with E-state index in [1.807, 2.05) is 42.5 Å². The van der Waals surface area contributed by atoms with Gasteiger partial charge in [-0.05, 0) is 74.1 Å². The van der Waals surface area contributed by atoms with E-state index in [2.05, 4.69) is 32.4 Å². The van der Waals surface area contributed by atoms with Crippen molar-refractivity contribution in [3.05, 3.63) is 65.2 Å². The minimum atomic E-state index is -4.06. The van der Waals surface area contributed by atoms with Crippen molar-refractivity contribution in [1.82, 2.24) is 26.4 Å². The molecule has 3 rings (SSSR count). The molecule has 0 saturated heterocycles. The Morgan fingerprint density at radius 1 is 0.661 bits per heavy atom. The molecule has 5 amide bonds. The summed E-state index contributed by atoms with van der Waals surface area (Å²) in [7, 11) is -4.06. The topological polar surface area (TPSA) is 270 Å². The number of unbranched alkanes of at least 4 members (excludes halogenated alkanes) is 3. The summed E-state index contributed by atoms with van der Waals surface area (Å²) in [5.74, 6) is -4.19. The fraction of sp³-hybridized carbons (Fsp3) is 0.525. The Kier molecular flexibility index (Phi) is 21.3. The van der Waals surface area contributed by atoms with E-state index in [9.17, 15) is 48.1 Å². The van der Waals surface area contributed by atoms with Crippen molar-refractivity contribution < 1.29 is 57.8 Å². The van der Waals surface area contributed by atoms with E-state index in [4.69, 9.17) is 9.63 Å². The molecule has 0 aromatic heterocycles. The van der Waals surface area contributed by atoms with Gasteiger partial charge in [-0.2, -0.15) is 0 Å². The lowest BCUT2D eigenvalue weighted by Crippen LogP contribution is -2.41. The van der Waals surface area contributed by atoms with Gasteiger partial charge in [0.2, 0.25) is 29.5 Å². The first-order valence-electron chi connectivity index (χ1n) is 20.0. The van der Waals surface area contributed by atoms with Gasteiger partial charge in [0, 0.05) is 57.4 Å². The molecule has 0 saturated carbocycles. The smallest absolute Gasteiger partial charge is 0.402 e. The number of amides is 5. The van der Waals surface area contributed by atoms with Crippen molar-refractivity contribution in [2.24, 2.45) is 0 Å². The van der Waals surface area contributed by atoms with Crippen molar-refractivity contribution in [3.8, 4) is 0 Å². The number of carbonyl (C=O) groups excluding carboxylic acids is 5. The van der Waals surface area contributed by atoms with Gasteiger partial charge >= 0.3 is 19.7 Å². The Bertz CT molecular complexity index is 1790. The van der Waals surface area contributed by atoms with Crippen LogP contribution in [0.4, 0.5) is 5.69 Å². The molecule has 0 bridgehead atoms. The number of nitrogens with zero attached hydrogens (tertiary/aromatic N) is 1. The maximum Gasteiger partial charge on any atom is 0.402 e. The monoisotopic (exact) mass is 844 g/mol. The number of carbonyl (C=O) groups is 7. The minimum Gasteiger partial charge on any atom is -0.481 e. The van der Waals surface area contributed by atoms with E-state index in [1.165, 1.54) is 5.56 Å². The fourth-order valence-electron chi connectivity index (χ4n) is 6.23. The van der Waals surface area contributed by atoms with Gasteiger partial charge in [-0.3, -0.25) is 33.3 Å². The molecule has 2 unspecified atom stereocenters. The van der Waals surface area contributed by atoms with Crippen molar-refractivity contribution in [2.45, 2.75) is 102 Å². The second kappa shape index (κ2) is 26.0. The first kappa shape index (κ1) is 48.2. The third-order valence-corrected chi connectivity index (χ3v) is 10.6. The molecule has 0 radical (unpaired) electrons. The van der Waals surface area contributed by atoms with Gasteiger partial charge in [0.05, 0.1) is 19.7 Å². The third-order valence-electron chi connectivity index (χ3n) is 9.44. The minimum absolute atomic E-state index is 0.000657. The Labute approximate surface area is 343 Å². The number of carboxylic acid groups (broad SMARTS) is 2. The van der Waals surface area contributed by atoms with Crippen LogP contribution in [-0.2, 0) is 62.0 Å². The van der Waals surface area contributed by atoms with Gasteiger partial charge in [0.1, 0.15) is 6.04 Å². The van der Waals surface area contributed by atoms with Crippen molar-refractivity contribution in [1.29, 1.82) is 0 Å². The molecule has 324 valence electrons. The van der Waals surface area contributed by atoms with E-state index >= 15 is 0 Å². The Morgan fingerprint density at radius 3 is 2.03 bits per heavy atom. The highest BCUT2D eigenvalue weighted by Gasteiger charge is 2.24. The molecule has 2 aromatic rings. The summed E-state index contributed by atoms with van der Waals surface area (Å²) in [5.41, 5.74) is 4.17. The number of hydrogen-bond acceptors (Lipinski definition) is 9. The molecular formula is C40H57N6O12P. The number of aliphatic carboxylic acids is 2. The number of hydrogen-bond donors (Lipinski definition) is 8. The summed E-state index contributed by atoms with van der Waals surface area (Å²) in [6.45, 7) is 0.617. The largest absolute Gasteiger partial charge is 0.481 e. The molecule has 2 aromatic carbocycles. The predicted molar refractivity (Wildman–Crippen MR) is 217 cm³/mol. The third kappa shape index (κ3) is 19.4. The highest BCUT2D eigenvalue weighted by atomic mass is 31.2. The zero-order valence-corrected chi connectivity index (χ0v) is 34.1. The van der Waals surface area contributed by atoms with Gasteiger partial charge in [-0.25, -0.2) is 14.4 Å². The number of benzene rings is 2. The van der Waals surface area contributed by atoms with E-state index in [1.54, 1.807) is 4.90 Å². The first-order chi connectivity index (χ1) is 28.2. The molecule has 1 heterocycles. The van der Waals surface area contributed by atoms with Crippen LogP contribution in [0.1, 0.15) is 93.7 Å². The molecule has 19 heteroatoms. The van der Waals surface area contributed by atoms with Crippen molar-refractivity contribution in [3.63, 3.8) is 0 Å². The predicted octanol–water partition coefficient (Wildman–Crippen LogP) is 2.71. The van der Waals surface area contributed by atoms with Crippen LogP contribution in [-0.4, -0.2) is 95.4 Å². The van der Waals surface area contributed by atoms with E-state index in [-0.39, 0.29) is 77.1 Å². The van der Waals surface area contributed by atoms with Crippen LogP contribution in [0.15, 0.2) is 48.5 Å². The summed E-state index contributed by atoms with van der Waals surface area (Å²) in [5, 5.41) is 30.7. The number of rotatable bonds is 27. The number of anilines is 1. The summed E-state index contributed by atoms with van der Waals surface area (Å²) >= 11 is 0. The second-order valence-corrected chi connectivity index (χ2v) is 15.7. The van der Waals surface area contributed by atoms with E-state index < -0.39 is 49.4 Å². The molecule has 0 fully saturated rings. The molecule has 2 atom stereocenters. The molecule has 0 aliphatic carbocycles. The van der Waals surface area contributed by atoms with E-state index in [0.717, 1.165) is 29.7 Å². The van der Waals surface area contributed by atoms with Gasteiger partial charge < -0.3 is 41.3 Å². The number of fused-ring (bicyclic) bond motifs is 2. The standard InChI is InChI=1S/C40H57N6O12P/c47-34(41-24-8-9-26-58-59(56,57)44-25-10-16-39(52)53)20-19-32(40(54)55)45-36(49)15-2-1-7-23-42-37(50)27-43-35(48)21-22-38(51)46-28-31-13-4-3-11-29(31)17-18-30-12-5-6-14-33(30)46/h3-6,11-14,32H,1-2,7-10,15-28H2,(H,41,47)(H,42,50)(H,43,48)(H,45,49)(H,52,53)(H,54,55)(H2,44,56,57). The highest BCUT2D eigenvalue weighted by Crippen LogP contribution is 2.36. The Balaban J connectivity index is 1.22. The van der Waals surface area contributed by atoms with Crippen LogP contribution >= 0.6 is 7.75 Å². The van der Waals surface area contributed by atoms with Crippen LogP contribution in [0, 0.1) is 0 Å². The highest BCUT2D eigenvalue weighted by molar-refractivity contribution is 7.50. The molecule has 1 aliphatic rings. The van der Waals surface area contributed by atoms with Crippen LogP contribution < -0.4 is 31.3 Å².